The quantitative estimate of drug-likeness (QED) is 0.727. The van der Waals surface area contributed by atoms with E-state index in [4.69, 9.17) is 5.73 Å². The number of rotatable bonds is 2. The van der Waals surface area contributed by atoms with Crippen LogP contribution < -0.4 is 11.1 Å². The molecule has 4 rings (SSSR count). The molecule has 136 valence electrons. The van der Waals surface area contributed by atoms with E-state index < -0.39 is 0 Å². The van der Waals surface area contributed by atoms with E-state index in [1.165, 1.54) is 12.1 Å². The van der Waals surface area contributed by atoms with E-state index in [0.717, 1.165) is 22.4 Å². The molecule has 0 unspecified atom stereocenters. The van der Waals surface area contributed by atoms with E-state index >= 15 is 0 Å². The molecule has 0 radical (unpaired) electrons. The number of nitrogens with one attached hydrogen (secondary N) is 1. The van der Waals surface area contributed by atoms with E-state index in [1.807, 2.05) is 13.0 Å². The van der Waals surface area contributed by atoms with E-state index in [-0.39, 0.29) is 17.7 Å². The highest BCUT2D eigenvalue weighted by atomic mass is 19.1. The van der Waals surface area contributed by atoms with E-state index in [0.29, 0.717) is 24.5 Å². The summed E-state index contributed by atoms with van der Waals surface area (Å²) in [5.41, 5.74) is 10.7. The monoisotopic (exact) mass is 363 g/mol. The number of amides is 2. The number of halogens is 1. The Bertz CT molecular complexity index is 1020. The number of fused-ring (bicyclic) bond motifs is 1. The molecule has 0 bridgehead atoms. The van der Waals surface area contributed by atoms with Crippen LogP contribution in [0.25, 0.3) is 11.3 Å². The van der Waals surface area contributed by atoms with Gasteiger partial charge in [0.15, 0.2) is 5.82 Å². The normalized spacial score (nSPS) is 12.7. The zero-order valence-electron chi connectivity index (χ0n) is 14.7. The molecular weight excluding hydrogens is 345 g/mol. The van der Waals surface area contributed by atoms with Gasteiger partial charge in [-0.3, -0.25) is 10.3 Å². The molecule has 1 aliphatic rings. The molecule has 1 aliphatic heterocycles. The van der Waals surface area contributed by atoms with Crippen molar-refractivity contribution in [2.75, 3.05) is 11.1 Å². The number of nitrogens with two attached hydrogens (primary N) is 1. The van der Waals surface area contributed by atoms with Crippen molar-refractivity contribution in [1.82, 2.24) is 14.9 Å². The van der Waals surface area contributed by atoms with E-state index in [1.54, 1.807) is 35.4 Å². The van der Waals surface area contributed by atoms with Crippen molar-refractivity contribution < 1.29 is 9.18 Å². The Hall–Kier alpha value is -3.48. The predicted molar refractivity (Wildman–Crippen MR) is 101 cm³/mol. The van der Waals surface area contributed by atoms with Gasteiger partial charge in [0.1, 0.15) is 5.82 Å². The van der Waals surface area contributed by atoms with Gasteiger partial charge in [-0.25, -0.2) is 14.2 Å². The number of hydrogen-bond acceptors (Lipinski definition) is 4. The van der Waals surface area contributed by atoms with Crippen LogP contribution in [0.1, 0.15) is 16.8 Å². The molecule has 0 aliphatic carbocycles. The number of anilines is 2. The maximum Gasteiger partial charge on any atom is 0.323 e. The topological polar surface area (TPSA) is 84.1 Å². The molecule has 2 aromatic heterocycles. The number of carbonyl (C=O) groups excluding carboxylic acids is 1. The summed E-state index contributed by atoms with van der Waals surface area (Å²) in [6, 6.07) is 11.1. The fourth-order valence-electron chi connectivity index (χ4n) is 3.08. The lowest BCUT2D eigenvalue weighted by Crippen LogP contribution is -2.30. The number of aromatic nitrogens is 2. The van der Waals surface area contributed by atoms with Gasteiger partial charge in [0, 0.05) is 30.5 Å². The van der Waals surface area contributed by atoms with Crippen molar-refractivity contribution in [3.05, 3.63) is 71.3 Å². The average molecular weight is 363 g/mol. The summed E-state index contributed by atoms with van der Waals surface area (Å²) >= 11 is 0. The Morgan fingerprint density at radius 1 is 1.15 bits per heavy atom. The van der Waals surface area contributed by atoms with Crippen LogP contribution in [0.15, 0.2) is 48.7 Å². The van der Waals surface area contributed by atoms with Crippen LogP contribution in [-0.2, 0) is 13.1 Å². The van der Waals surface area contributed by atoms with Gasteiger partial charge >= 0.3 is 6.03 Å². The van der Waals surface area contributed by atoms with Gasteiger partial charge in [-0.2, -0.15) is 0 Å². The summed E-state index contributed by atoms with van der Waals surface area (Å²) in [7, 11) is 0. The van der Waals surface area contributed by atoms with Crippen molar-refractivity contribution >= 4 is 17.5 Å². The number of aryl methyl sites for hydroxylation is 1. The fourth-order valence-corrected chi connectivity index (χ4v) is 3.08. The van der Waals surface area contributed by atoms with Gasteiger partial charge in [0.05, 0.1) is 11.4 Å². The molecule has 7 heteroatoms. The van der Waals surface area contributed by atoms with Gasteiger partial charge in [-0.1, -0.05) is 0 Å². The molecule has 27 heavy (non-hydrogen) atoms. The highest BCUT2D eigenvalue weighted by Crippen LogP contribution is 2.26. The zero-order chi connectivity index (χ0) is 19.0. The summed E-state index contributed by atoms with van der Waals surface area (Å²) in [6.45, 7) is 2.93. The van der Waals surface area contributed by atoms with Gasteiger partial charge in [0.25, 0.3) is 0 Å². The second-order valence-corrected chi connectivity index (χ2v) is 6.52. The molecule has 1 aromatic carbocycles. The molecule has 0 spiro atoms. The highest BCUT2D eigenvalue weighted by Gasteiger charge is 2.24. The van der Waals surface area contributed by atoms with Gasteiger partial charge in [-0.15, -0.1) is 0 Å². The van der Waals surface area contributed by atoms with Gasteiger partial charge in [-0.05, 0) is 60.5 Å². The summed E-state index contributed by atoms with van der Waals surface area (Å²) in [5, 5.41) is 2.78. The minimum Gasteiger partial charge on any atom is -0.396 e. The number of nitrogens with zero attached hydrogens (tertiary/aromatic N) is 3. The Morgan fingerprint density at radius 3 is 2.67 bits per heavy atom. The largest absolute Gasteiger partial charge is 0.396 e. The third kappa shape index (κ3) is 3.44. The van der Waals surface area contributed by atoms with E-state index in [2.05, 4.69) is 15.3 Å². The summed E-state index contributed by atoms with van der Waals surface area (Å²) in [6.07, 6.45) is 1.81. The van der Waals surface area contributed by atoms with Crippen molar-refractivity contribution in [3.8, 4) is 11.3 Å². The summed E-state index contributed by atoms with van der Waals surface area (Å²) in [4.78, 5) is 23.0. The molecule has 0 saturated carbocycles. The first-order chi connectivity index (χ1) is 13.0. The Kier molecular flexibility index (Phi) is 4.19. The van der Waals surface area contributed by atoms with Crippen molar-refractivity contribution in [3.63, 3.8) is 0 Å². The third-order valence-corrected chi connectivity index (χ3v) is 4.52. The first kappa shape index (κ1) is 17.0. The van der Waals surface area contributed by atoms with Gasteiger partial charge in [0.2, 0.25) is 0 Å². The molecule has 0 atom stereocenters. The number of pyridine rings is 2. The zero-order valence-corrected chi connectivity index (χ0v) is 14.7. The maximum absolute atomic E-state index is 13.1. The van der Waals surface area contributed by atoms with Crippen LogP contribution in [0, 0.1) is 12.7 Å². The van der Waals surface area contributed by atoms with Crippen LogP contribution in [0.3, 0.4) is 0 Å². The summed E-state index contributed by atoms with van der Waals surface area (Å²) in [5.74, 6) is -0.0341. The maximum atomic E-state index is 13.1. The number of hydrogen-bond donors (Lipinski definition) is 2. The lowest BCUT2D eigenvalue weighted by molar-refractivity contribution is 0.212. The number of benzene rings is 1. The molecule has 3 N–H and O–H groups in total. The Balaban J connectivity index is 1.53. The number of nitrogen functional groups attached to an aromatic ring is 1. The first-order valence-corrected chi connectivity index (χ1v) is 8.52. The predicted octanol–water partition coefficient (Wildman–Crippen LogP) is 3.72. The molecule has 3 aromatic rings. The second kappa shape index (κ2) is 6.68. The van der Waals surface area contributed by atoms with Gasteiger partial charge < -0.3 is 10.6 Å². The van der Waals surface area contributed by atoms with Crippen LogP contribution >= 0.6 is 0 Å². The Labute approximate surface area is 155 Å². The van der Waals surface area contributed by atoms with Crippen LogP contribution in [0.4, 0.5) is 20.7 Å². The standard InChI is InChI=1S/C20H18FN5O/c1-12-8-14-10-26(11-15(14)9-23-12)20(27)25-19-17(22)6-7-18(24-19)13-2-4-16(21)5-3-13/h2-9H,10-11,22H2,1H3,(H,24,25,27). The SMILES string of the molecule is Cc1cc2c(cn1)CN(C(=O)Nc1nc(-c3ccc(F)cc3)ccc1N)C2. The minimum absolute atomic E-state index is 0.278. The fraction of sp³-hybridized carbons (Fsp3) is 0.150. The summed E-state index contributed by atoms with van der Waals surface area (Å²) < 4.78 is 13.1. The molecular formula is C20H18FN5O. The van der Waals surface area contributed by atoms with E-state index in [9.17, 15) is 9.18 Å². The van der Waals surface area contributed by atoms with Crippen molar-refractivity contribution in [2.45, 2.75) is 20.0 Å². The molecule has 0 saturated heterocycles. The molecule has 3 heterocycles. The van der Waals surface area contributed by atoms with Crippen molar-refractivity contribution in [1.29, 1.82) is 0 Å². The minimum atomic E-state index is -0.318. The highest BCUT2D eigenvalue weighted by molar-refractivity contribution is 5.92. The smallest absolute Gasteiger partial charge is 0.323 e. The Morgan fingerprint density at radius 2 is 1.89 bits per heavy atom. The third-order valence-electron chi connectivity index (χ3n) is 4.52. The van der Waals surface area contributed by atoms with Crippen LogP contribution in [0.2, 0.25) is 0 Å². The lowest BCUT2D eigenvalue weighted by Gasteiger charge is -2.17. The van der Waals surface area contributed by atoms with Crippen molar-refractivity contribution in [2.24, 2.45) is 0 Å². The lowest BCUT2D eigenvalue weighted by atomic mass is 10.1. The van der Waals surface area contributed by atoms with Crippen LogP contribution in [-0.4, -0.2) is 20.9 Å². The molecule has 0 fully saturated rings. The van der Waals surface area contributed by atoms with Crippen LogP contribution in [0.5, 0.6) is 0 Å². The number of urea groups is 1. The first-order valence-electron chi connectivity index (χ1n) is 8.52. The second-order valence-electron chi connectivity index (χ2n) is 6.52. The number of carbonyl (C=O) groups is 1. The average Bonchev–Trinajstić information content (AvgIpc) is 3.07. The molecule has 2 amide bonds. The molecule has 6 nitrogen and oxygen atoms in total.